The Bertz CT molecular complexity index is 5650. The van der Waals surface area contributed by atoms with E-state index in [1.54, 1.807) is 27.3 Å². The molecular weight excluding hydrogens is 1000 g/mol. The van der Waals surface area contributed by atoms with Crippen molar-refractivity contribution in [2.75, 3.05) is 0 Å². The maximum absolute atomic E-state index is 10.1. The van der Waals surface area contributed by atoms with E-state index in [9.17, 15) is 11.0 Å². The number of benzene rings is 10. The fraction of sp³-hybridized carbons (Fsp3) is 0.132. The van der Waals surface area contributed by atoms with Gasteiger partial charge in [-0.3, -0.25) is 13.7 Å². The van der Waals surface area contributed by atoms with Crippen LogP contribution in [0.2, 0.25) is 0 Å². The van der Waals surface area contributed by atoms with E-state index in [-0.39, 0.29) is 72.3 Å². The van der Waals surface area contributed by atoms with Gasteiger partial charge in [-0.25, -0.2) is 4.98 Å². The molecule has 0 N–H and O–H groups in total. The second-order valence-electron chi connectivity index (χ2n) is 23.2. The molecule has 14 aromatic rings. The fourth-order valence-corrected chi connectivity index (χ4v) is 11.9. The largest absolute Gasteiger partial charge is 0.458 e. The smallest absolute Gasteiger partial charge is 0.269 e. The molecule has 0 bridgehead atoms. The Morgan fingerprint density at radius 1 is 0.512 bits per heavy atom. The second-order valence-corrected chi connectivity index (χ2v) is 23.2. The first-order valence-corrected chi connectivity index (χ1v) is 27.3. The summed E-state index contributed by atoms with van der Waals surface area (Å²) in [5.41, 5.74) is 4.71. The summed E-state index contributed by atoms with van der Waals surface area (Å²) in [5.74, 6) is 1.64. The van der Waals surface area contributed by atoms with E-state index in [2.05, 4.69) is 49.9 Å². The van der Waals surface area contributed by atoms with E-state index >= 15 is 0 Å². The Morgan fingerprint density at radius 3 is 1.93 bits per heavy atom. The van der Waals surface area contributed by atoms with Gasteiger partial charge >= 0.3 is 0 Å². The van der Waals surface area contributed by atoms with Crippen LogP contribution in [0.25, 0.3) is 128 Å². The number of para-hydroxylation sites is 2. The van der Waals surface area contributed by atoms with E-state index in [4.69, 9.17) is 22.4 Å². The summed E-state index contributed by atoms with van der Waals surface area (Å²) in [6.45, 7) is 6.34. The summed E-state index contributed by atoms with van der Waals surface area (Å²) in [5, 5.41) is 3.65. The van der Waals surface area contributed by atoms with Crippen LogP contribution in [-0.2, 0) is 10.8 Å². The van der Waals surface area contributed by atoms with Crippen LogP contribution in [0.1, 0.15) is 83.0 Å². The van der Waals surface area contributed by atoms with Gasteiger partial charge in [-0.15, -0.1) is 0 Å². The lowest BCUT2D eigenvalue weighted by atomic mass is 9.80. The molecule has 4 aromatic heterocycles. The van der Waals surface area contributed by atoms with Crippen molar-refractivity contribution >= 4 is 54.8 Å². The van der Waals surface area contributed by atoms with Crippen molar-refractivity contribution in [2.45, 2.75) is 66.1 Å². The van der Waals surface area contributed by atoms with Gasteiger partial charge in [0.05, 0.1) is 44.4 Å². The van der Waals surface area contributed by atoms with Crippen LogP contribution in [0, 0.1) is 20.0 Å². The molecule has 6 nitrogen and oxygen atoms in total. The van der Waals surface area contributed by atoms with E-state index < -0.39 is 67.5 Å². The summed E-state index contributed by atoms with van der Waals surface area (Å²) in [6.07, 6.45) is 5.48. The van der Waals surface area contributed by atoms with Gasteiger partial charge in [0.1, 0.15) is 28.5 Å². The number of aromatic nitrogens is 4. The average Bonchev–Trinajstić information content (AvgIpc) is 1.42. The highest BCUT2D eigenvalue weighted by molar-refractivity contribution is 6.10. The van der Waals surface area contributed by atoms with Crippen molar-refractivity contribution in [1.29, 1.82) is 0 Å². The molecule has 0 spiro atoms. The average molecular weight is 1080 g/mol. The number of furan rings is 1. The lowest BCUT2D eigenvalue weighted by Crippen LogP contribution is -2.32. The maximum Gasteiger partial charge on any atom is 0.269 e. The summed E-state index contributed by atoms with van der Waals surface area (Å²) in [6, 6.07) is 45.3. The first kappa shape index (κ1) is 36.5. The van der Waals surface area contributed by atoms with Gasteiger partial charge in [0, 0.05) is 42.0 Å². The van der Waals surface area contributed by atoms with Crippen molar-refractivity contribution in [3.63, 3.8) is 0 Å². The van der Waals surface area contributed by atoms with Crippen LogP contribution in [0.4, 0.5) is 0 Å². The van der Waals surface area contributed by atoms with Crippen molar-refractivity contribution < 1.29 is 32.9 Å². The molecule has 0 aliphatic carbocycles. The van der Waals surface area contributed by atoms with Crippen LogP contribution in [0.5, 0.6) is 11.5 Å². The Labute approximate surface area is 497 Å². The van der Waals surface area contributed by atoms with E-state index in [0.29, 0.717) is 50.6 Å². The number of imidazole rings is 1. The molecule has 0 fully saturated rings. The van der Waals surface area contributed by atoms with Crippen LogP contribution < -0.4 is 9.30 Å². The van der Waals surface area contributed by atoms with Gasteiger partial charge < -0.3 is 9.15 Å². The molecule has 0 unspecified atom stereocenters. The number of ether oxygens (including phenoxy) is 1. The molecule has 5 heterocycles. The summed E-state index contributed by atoms with van der Waals surface area (Å²) >= 11 is 0. The molecule has 0 saturated carbocycles. The number of hydrogen-bond acceptors (Lipinski definition) is 3. The van der Waals surface area contributed by atoms with Crippen LogP contribution in [0.15, 0.2) is 223 Å². The highest BCUT2D eigenvalue weighted by Crippen LogP contribution is 2.49. The van der Waals surface area contributed by atoms with Gasteiger partial charge in [-0.05, 0) is 175 Å². The molecule has 82 heavy (non-hydrogen) atoms. The Balaban J connectivity index is 1.09. The molecule has 0 atom stereocenters. The first-order chi connectivity index (χ1) is 45.5. The molecular formula is C76H60N4O2. The number of nitrogens with zero attached hydrogens (tertiary/aromatic N) is 4. The van der Waals surface area contributed by atoms with Crippen molar-refractivity contribution in [2.24, 2.45) is 0 Å². The number of pyridine rings is 1. The van der Waals surface area contributed by atoms with Gasteiger partial charge in [0.2, 0.25) is 0 Å². The normalized spacial score (nSPS) is 15.1. The predicted octanol–water partition coefficient (Wildman–Crippen LogP) is 19.8. The molecule has 0 radical (unpaired) electrons. The zero-order valence-electron chi connectivity index (χ0n) is 59.8. The monoisotopic (exact) mass is 1070 g/mol. The predicted molar refractivity (Wildman–Crippen MR) is 337 cm³/mol. The maximum atomic E-state index is 10.1. The minimum Gasteiger partial charge on any atom is -0.458 e. The lowest BCUT2D eigenvalue weighted by molar-refractivity contribution is -0.570. The molecule has 1 aliphatic rings. The van der Waals surface area contributed by atoms with Gasteiger partial charge in [0.25, 0.3) is 6.33 Å². The number of rotatable bonds is 6. The fourth-order valence-electron chi connectivity index (χ4n) is 11.9. The second kappa shape index (κ2) is 18.4. The van der Waals surface area contributed by atoms with Gasteiger partial charge in [0.15, 0.2) is 0 Å². The minimum absolute atomic E-state index is 0.0437. The van der Waals surface area contributed by atoms with Crippen molar-refractivity contribution in [1.82, 2.24) is 14.1 Å². The summed E-state index contributed by atoms with van der Waals surface area (Å²) in [7, 11) is 0. The molecule has 396 valence electrons. The van der Waals surface area contributed by atoms with Gasteiger partial charge in [-0.1, -0.05) is 175 Å². The highest BCUT2D eigenvalue weighted by Gasteiger charge is 2.30. The van der Waals surface area contributed by atoms with Crippen LogP contribution >= 0.6 is 0 Å². The topological polar surface area (TPSA) is 49.0 Å². The van der Waals surface area contributed by atoms with Crippen LogP contribution in [0.3, 0.4) is 0 Å². The standard InChI is InChI=1S/C76H60N4O2/c1-46-19-17-20-47(2)72(46)65-41-51(76(6,7)8)40-64-58-26-12-10-24-56(58)55-23-9-11-25-57(55)63-38-49(48-31-34-70-62(37-48)61-28-14-16-30-69(61)82-70)39-68-74(63)79(73(64)65)45-78(68)52-21-18-22-53(43-52)81-54-32-33-60-59-27-13-15-29-66(59)80(67(60)44-54)71-42-50(35-36-77-71)75(3,4)5/h9-44H,1-8H3/i1D3,2D3,9D,10D,11D,12D,23D,24D,25D,26D. The zero-order chi connectivity index (χ0) is 67.7. The summed E-state index contributed by atoms with van der Waals surface area (Å²) < 4.78 is 151. The Hall–Kier alpha value is -9.78. The lowest BCUT2D eigenvalue weighted by Gasteiger charge is -2.27. The van der Waals surface area contributed by atoms with E-state index in [1.165, 1.54) is 18.2 Å². The summed E-state index contributed by atoms with van der Waals surface area (Å²) in [4.78, 5) is 4.89. The third-order valence-electron chi connectivity index (χ3n) is 16.0. The van der Waals surface area contributed by atoms with Crippen LogP contribution in [-0.4, -0.2) is 14.1 Å². The van der Waals surface area contributed by atoms with Crippen molar-refractivity contribution in [3.8, 4) is 84.3 Å². The van der Waals surface area contributed by atoms with E-state index in [0.717, 1.165) is 44.0 Å². The minimum atomic E-state index is -2.94. The Kier molecular flexibility index (Phi) is 8.18. The quantitative estimate of drug-likeness (QED) is 0.123. The third kappa shape index (κ3) is 7.91. The molecule has 6 heteroatoms. The molecule has 15 rings (SSSR count). The third-order valence-corrected chi connectivity index (χ3v) is 16.0. The SMILES string of the molecule is [2H]c1c([2H])c([2H])c2c(c1[2H])-c1cc(C(C)(C)C)cc(-c3c(C([2H])([2H])[2H])cccc3C([2H])([2H])[2H])c1-[n+]1[c-]n(-c3cccc(Oc4ccc5c6ccccc6n(-c6cc(C(C)(C)C)ccn6)c5c4)c3)c3cc(-c4ccc5oc6ccccc6c5c4)cc(c31)-c1c([2H])c([2H])c([2H])c([2H])c1-2. The zero-order valence-corrected chi connectivity index (χ0v) is 45.8. The first-order valence-electron chi connectivity index (χ1n) is 34.3. The number of hydrogen-bond donors (Lipinski definition) is 0. The van der Waals surface area contributed by atoms with Crippen molar-refractivity contribution in [3.05, 3.63) is 247 Å². The number of fused-ring (bicyclic) bond motifs is 13. The number of aryl methyl sites for hydroxylation is 2. The Morgan fingerprint density at radius 2 is 1.17 bits per heavy atom. The van der Waals surface area contributed by atoms with Gasteiger partial charge in [-0.2, -0.15) is 0 Å². The molecule has 0 saturated heterocycles. The highest BCUT2D eigenvalue weighted by atomic mass is 16.5. The molecule has 0 amide bonds. The molecule has 1 aliphatic heterocycles. The van der Waals surface area contributed by atoms with E-state index in [1.807, 2.05) is 136 Å². The molecule has 10 aromatic carbocycles.